The fourth-order valence-corrected chi connectivity index (χ4v) is 4.61. The number of aromatic nitrogens is 2. The maximum absolute atomic E-state index is 13.4. The molecule has 12 heteroatoms. The molecule has 0 radical (unpaired) electrons. The van der Waals surface area contributed by atoms with Gasteiger partial charge in [-0.15, -0.1) is 0 Å². The average Bonchev–Trinajstić information content (AvgIpc) is 2.97. The second-order valence-corrected chi connectivity index (χ2v) is 11.2. The van der Waals surface area contributed by atoms with Crippen LogP contribution in [-0.2, 0) is 12.5 Å². The number of halogens is 6. The van der Waals surface area contributed by atoms with Crippen molar-refractivity contribution in [1.82, 2.24) is 9.55 Å². The molecular weight excluding hydrogens is 517 g/mol. The predicted octanol–water partition coefficient (Wildman–Crippen LogP) is 7.83. The zero-order valence-corrected chi connectivity index (χ0v) is 21.2. The van der Waals surface area contributed by atoms with Crippen molar-refractivity contribution in [2.75, 3.05) is 7.05 Å². The Morgan fingerprint density at radius 1 is 1.00 bits per heavy atom. The molecule has 0 atom stereocenters. The zero-order chi connectivity index (χ0) is 27.5. The first-order chi connectivity index (χ1) is 16.9. The number of rotatable bonds is 2. The standard InChI is InChI=1S/C25H23N4O.F6P/c1-25(2)18-11-5-6-12-19(18)29(4)20(25)15-27-22-16-9-7-13-26-21(16)23-17(24(22)30)10-8-14-28(23)3;1-7(2,3,4,5)6/h5-15H,1-4H3;/q+1;-1. The molecule has 3 aliphatic rings. The normalized spacial score (nSPS) is 16.9. The molecule has 1 aliphatic carbocycles. The Morgan fingerprint density at radius 3 is 2.30 bits per heavy atom. The molecule has 0 fully saturated rings. The first-order valence-corrected chi connectivity index (χ1v) is 13.1. The van der Waals surface area contributed by atoms with E-state index in [9.17, 15) is 30.0 Å². The van der Waals surface area contributed by atoms with Crippen molar-refractivity contribution < 1.29 is 29.8 Å². The molecule has 0 saturated carbocycles. The quantitative estimate of drug-likeness (QED) is 0.0856. The van der Waals surface area contributed by atoms with Crippen LogP contribution in [0.15, 0.2) is 70.7 Å². The minimum atomic E-state index is -10.7. The molecule has 3 heterocycles. The van der Waals surface area contributed by atoms with Crippen molar-refractivity contribution in [3.63, 3.8) is 0 Å². The first kappa shape index (κ1) is 26.5. The monoisotopic (exact) mass is 540 g/mol. The summed E-state index contributed by atoms with van der Waals surface area (Å²) in [7, 11) is -6.68. The van der Waals surface area contributed by atoms with Crippen LogP contribution < -0.4 is 5.43 Å². The molecule has 1 aromatic carbocycles. The molecule has 0 unspecified atom stereocenters. The molecule has 0 amide bonds. The van der Waals surface area contributed by atoms with Crippen LogP contribution in [0.4, 0.5) is 36.6 Å². The molecule has 37 heavy (non-hydrogen) atoms. The number of hydrogen-bond acceptors (Lipinski definition) is 3. The summed E-state index contributed by atoms with van der Waals surface area (Å²) in [5.74, 6) is 0. The molecule has 5 rings (SSSR count). The van der Waals surface area contributed by atoms with E-state index in [0.29, 0.717) is 11.3 Å². The van der Waals surface area contributed by atoms with Gasteiger partial charge in [-0.2, -0.15) is 4.58 Å². The van der Waals surface area contributed by atoms with Gasteiger partial charge >= 0.3 is 33.0 Å². The van der Waals surface area contributed by atoms with Crippen LogP contribution in [0.25, 0.3) is 22.2 Å². The third-order valence-corrected chi connectivity index (χ3v) is 6.18. The second-order valence-electron chi connectivity index (χ2n) is 9.26. The van der Waals surface area contributed by atoms with E-state index in [1.165, 1.54) is 11.3 Å². The number of benzene rings is 2. The van der Waals surface area contributed by atoms with Gasteiger partial charge in [0.2, 0.25) is 16.8 Å². The number of fused-ring (bicyclic) bond motifs is 4. The maximum atomic E-state index is 13.4. The molecule has 0 N–H and O–H groups in total. The fraction of sp³-hybridized carbons (Fsp3) is 0.200. The van der Waals surface area contributed by atoms with Crippen LogP contribution in [0.1, 0.15) is 19.4 Å². The van der Waals surface area contributed by atoms with E-state index < -0.39 is 7.81 Å². The number of aryl methyl sites for hydroxylation is 1. The molecule has 196 valence electrons. The summed E-state index contributed by atoms with van der Waals surface area (Å²) < 4.78 is 63.3. The van der Waals surface area contributed by atoms with Crippen molar-refractivity contribution in [3.8, 4) is 11.3 Å². The van der Waals surface area contributed by atoms with E-state index in [2.05, 4.69) is 41.6 Å². The van der Waals surface area contributed by atoms with Gasteiger partial charge in [-0.3, -0.25) is 9.78 Å². The van der Waals surface area contributed by atoms with Gasteiger partial charge in [-0.05, 0) is 38.1 Å². The topological polar surface area (TPSA) is 50.3 Å². The summed E-state index contributed by atoms with van der Waals surface area (Å²) in [6.07, 6.45) is 5.53. The summed E-state index contributed by atoms with van der Waals surface area (Å²) in [6, 6.07) is 15.9. The van der Waals surface area contributed by atoms with Crippen LogP contribution in [0.5, 0.6) is 0 Å². The Kier molecular flexibility index (Phi) is 5.69. The van der Waals surface area contributed by atoms with Crippen LogP contribution in [0.2, 0.25) is 0 Å². The third-order valence-electron chi connectivity index (χ3n) is 6.18. The Labute approximate surface area is 208 Å². The molecule has 0 spiro atoms. The number of nitrogens with zero attached hydrogens (tertiary/aromatic N) is 4. The Balaban J connectivity index is 0.000000405. The Bertz CT molecular complexity index is 1630. The predicted molar refractivity (Wildman–Crippen MR) is 136 cm³/mol. The second kappa shape index (κ2) is 7.95. The van der Waals surface area contributed by atoms with Gasteiger partial charge in [0.1, 0.15) is 12.7 Å². The van der Waals surface area contributed by atoms with E-state index in [1.54, 1.807) is 6.20 Å². The molecule has 1 aromatic heterocycles. The van der Waals surface area contributed by atoms with Crippen molar-refractivity contribution in [2.24, 2.45) is 12.0 Å². The molecule has 5 nitrogen and oxygen atoms in total. The Hall–Kier alpha value is -3.59. The van der Waals surface area contributed by atoms with E-state index >= 15 is 0 Å². The van der Waals surface area contributed by atoms with Gasteiger partial charge in [-0.1, -0.05) is 18.2 Å². The fourth-order valence-electron chi connectivity index (χ4n) is 4.61. The van der Waals surface area contributed by atoms with Gasteiger partial charge in [0.15, 0.2) is 0 Å². The van der Waals surface area contributed by atoms with Crippen molar-refractivity contribution in [3.05, 3.63) is 76.7 Å². The van der Waals surface area contributed by atoms with E-state index in [0.717, 1.165) is 22.3 Å². The van der Waals surface area contributed by atoms with Crippen molar-refractivity contribution >= 4 is 42.0 Å². The van der Waals surface area contributed by atoms with E-state index in [-0.39, 0.29) is 10.8 Å². The zero-order valence-electron chi connectivity index (χ0n) is 20.3. The van der Waals surface area contributed by atoms with Gasteiger partial charge < -0.3 is 4.57 Å². The number of hydrogen-bond donors (Lipinski definition) is 0. The van der Waals surface area contributed by atoms with Gasteiger partial charge in [0, 0.05) is 36.5 Å². The van der Waals surface area contributed by atoms with Gasteiger partial charge in [-0.25, -0.2) is 4.99 Å². The SMILES string of the molecule is Cn1cccc2c(=O)c(N=CC3=[N+](C)c4ccccc4C3(C)C)c3cccnc3c1-2.F[P-](F)(F)(F)(F)F. The molecule has 2 aromatic rings. The summed E-state index contributed by atoms with van der Waals surface area (Å²) in [5, 5.41) is 0.768. The van der Waals surface area contributed by atoms with Crippen LogP contribution >= 0.6 is 7.81 Å². The van der Waals surface area contributed by atoms with Crippen molar-refractivity contribution in [2.45, 2.75) is 19.3 Å². The van der Waals surface area contributed by atoms with E-state index in [4.69, 9.17) is 4.99 Å². The molecular formula is C25H23F6N4OP. The summed E-state index contributed by atoms with van der Waals surface area (Å²) >= 11 is 0. The average molecular weight is 540 g/mol. The number of para-hydroxylation sites is 1. The molecule has 2 aliphatic heterocycles. The molecule has 0 bridgehead atoms. The van der Waals surface area contributed by atoms with Gasteiger partial charge in [0.05, 0.1) is 28.4 Å². The minimum absolute atomic E-state index is 0.0745. The van der Waals surface area contributed by atoms with Gasteiger partial charge in [0.25, 0.3) is 0 Å². The van der Waals surface area contributed by atoms with Crippen molar-refractivity contribution in [1.29, 1.82) is 0 Å². The van der Waals surface area contributed by atoms with Crippen LogP contribution in [0.3, 0.4) is 0 Å². The summed E-state index contributed by atoms with van der Waals surface area (Å²) in [5.41, 5.74) is 5.89. The summed E-state index contributed by atoms with van der Waals surface area (Å²) in [4.78, 5) is 22.7. The Morgan fingerprint density at radius 2 is 1.65 bits per heavy atom. The number of aliphatic imine (C=N–C) groups is 1. The first-order valence-electron chi connectivity index (χ1n) is 11.0. The van der Waals surface area contributed by atoms with E-state index in [1.807, 2.05) is 61.4 Å². The summed E-state index contributed by atoms with van der Waals surface area (Å²) in [6.45, 7) is 4.38. The molecule has 0 saturated heterocycles. The van der Waals surface area contributed by atoms with Crippen LogP contribution in [0, 0.1) is 0 Å². The number of pyridine rings is 2. The third kappa shape index (κ3) is 5.56. The van der Waals surface area contributed by atoms with Crippen LogP contribution in [-0.4, -0.2) is 33.1 Å².